The van der Waals surface area contributed by atoms with E-state index in [4.69, 9.17) is 11.6 Å². The van der Waals surface area contributed by atoms with E-state index in [1.54, 1.807) is 11.7 Å². The lowest BCUT2D eigenvalue weighted by Crippen LogP contribution is -2.37. The number of aliphatic imine (C=N–C) groups is 1. The molecule has 0 spiro atoms. The van der Waals surface area contributed by atoms with Crippen molar-refractivity contribution >= 4 is 17.6 Å². The van der Waals surface area contributed by atoms with Crippen molar-refractivity contribution in [1.82, 2.24) is 20.0 Å². The molecule has 1 N–H and O–H groups in total. The molecule has 21 heavy (non-hydrogen) atoms. The number of aryl methyl sites for hydroxylation is 1. The quantitative estimate of drug-likeness (QED) is 0.696. The van der Waals surface area contributed by atoms with Gasteiger partial charge in [0.15, 0.2) is 5.96 Å². The van der Waals surface area contributed by atoms with Gasteiger partial charge in [-0.1, -0.05) is 23.7 Å². The molecule has 0 amide bonds. The standard InChI is InChI=1S/C15H20ClN5/c1-17-15(18-8-13-9-19-21(3)11-13)20(2)10-12-5-4-6-14(16)7-12/h4-7,9,11H,8,10H2,1-3H3,(H,17,18). The van der Waals surface area contributed by atoms with Gasteiger partial charge in [-0.15, -0.1) is 0 Å². The summed E-state index contributed by atoms with van der Waals surface area (Å²) in [5, 5.41) is 8.22. The smallest absolute Gasteiger partial charge is 0.193 e. The van der Waals surface area contributed by atoms with Crippen LogP contribution in [-0.4, -0.2) is 34.7 Å². The molecule has 0 unspecified atom stereocenters. The highest BCUT2D eigenvalue weighted by atomic mass is 35.5. The van der Waals surface area contributed by atoms with Gasteiger partial charge >= 0.3 is 0 Å². The van der Waals surface area contributed by atoms with Crippen molar-refractivity contribution in [3.05, 3.63) is 52.8 Å². The Kier molecular flexibility index (Phi) is 5.22. The van der Waals surface area contributed by atoms with E-state index >= 15 is 0 Å². The van der Waals surface area contributed by atoms with Crippen molar-refractivity contribution in [3.8, 4) is 0 Å². The van der Waals surface area contributed by atoms with Crippen molar-refractivity contribution in [2.24, 2.45) is 12.0 Å². The van der Waals surface area contributed by atoms with Crippen LogP contribution in [0, 0.1) is 0 Å². The summed E-state index contributed by atoms with van der Waals surface area (Å²) < 4.78 is 1.79. The minimum absolute atomic E-state index is 0.695. The van der Waals surface area contributed by atoms with Crippen LogP contribution in [0.1, 0.15) is 11.1 Å². The number of aromatic nitrogens is 2. The van der Waals surface area contributed by atoms with E-state index in [0.29, 0.717) is 6.54 Å². The van der Waals surface area contributed by atoms with E-state index in [1.165, 1.54) is 0 Å². The van der Waals surface area contributed by atoms with Crippen LogP contribution < -0.4 is 5.32 Å². The molecule has 0 aliphatic carbocycles. The third kappa shape index (κ3) is 4.49. The second kappa shape index (κ2) is 7.13. The molecule has 112 valence electrons. The molecule has 0 saturated heterocycles. The Bertz CT molecular complexity index is 620. The highest BCUT2D eigenvalue weighted by Crippen LogP contribution is 2.12. The molecule has 2 rings (SSSR count). The number of nitrogens with zero attached hydrogens (tertiary/aromatic N) is 4. The largest absolute Gasteiger partial charge is 0.352 e. The van der Waals surface area contributed by atoms with Crippen LogP contribution in [0.25, 0.3) is 0 Å². The summed E-state index contributed by atoms with van der Waals surface area (Å²) >= 11 is 6.01. The first kappa shape index (κ1) is 15.4. The summed E-state index contributed by atoms with van der Waals surface area (Å²) in [6, 6.07) is 7.85. The molecule has 2 aromatic rings. The van der Waals surface area contributed by atoms with Gasteiger partial charge in [0.1, 0.15) is 0 Å². The summed E-state index contributed by atoms with van der Waals surface area (Å²) in [5.74, 6) is 0.832. The van der Waals surface area contributed by atoms with Gasteiger partial charge in [-0.2, -0.15) is 5.10 Å². The maximum Gasteiger partial charge on any atom is 0.193 e. The number of benzene rings is 1. The normalized spacial score (nSPS) is 11.5. The molecule has 0 radical (unpaired) electrons. The molecule has 1 aromatic heterocycles. The molecule has 1 aromatic carbocycles. The van der Waals surface area contributed by atoms with Gasteiger partial charge < -0.3 is 10.2 Å². The topological polar surface area (TPSA) is 45.5 Å². The highest BCUT2D eigenvalue weighted by Gasteiger charge is 2.07. The number of hydrogen-bond acceptors (Lipinski definition) is 2. The van der Waals surface area contributed by atoms with Crippen molar-refractivity contribution < 1.29 is 0 Å². The maximum atomic E-state index is 6.01. The first-order valence-electron chi connectivity index (χ1n) is 6.72. The summed E-state index contributed by atoms with van der Waals surface area (Å²) in [6.45, 7) is 1.44. The number of halogens is 1. The van der Waals surface area contributed by atoms with E-state index < -0.39 is 0 Å². The highest BCUT2D eigenvalue weighted by molar-refractivity contribution is 6.30. The third-order valence-electron chi connectivity index (χ3n) is 3.09. The molecule has 6 heteroatoms. The molecule has 0 fully saturated rings. The molecule has 0 saturated carbocycles. The minimum atomic E-state index is 0.695. The first-order chi connectivity index (χ1) is 10.1. The molecule has 0 aliphatic heterocycles. The van der Waals surface area contributed by atoms with Crippen LogP contribution in [0.5, 0.6) is 0 Å². The van der Waals surface area contributed by atoms with E-state index in [0.717, 1.165) is 28.7 Å². The predicted molar refractivity (Wildman–Crippen MR) is 86.3 cm³/mol. The Morgan fingerprint density at radius 1 is 1.43 bits per heavy atom. The van der Waals surface area contributed by atoms with Gasteiger partial charge in [0.25, 0.3) is 0 Å². The molecule has 5 nitrogen and oxygen atoms in total. The number of nitrogens with one attached hydrogen (secondary N) is 1. The number of rotatable bonds is 4. The third-order valence-corrected chi connectivity index (χ3v) is 3.33. The van der Waals surface area contributed by atoms with Gasteiger partial charge in [-0.25, -0.2) is 0 Å². The summed E-state index contributed by atoms with van der Waals surface area (Å²) in [5.41, 5.74) is 2.27. The number of guanidine groups is 1. The lowest BCUT2D eigenvalue weighted by Gasteiger charge is -2.22. The lowest BCUT2D eigenvalue weighted by molar-refractivity contribution is 0.476. The fourth-order valence-corrected chi connectivity index (χ4v) is 2.33. The Morgan fingerprint density at radius 2 is 2.24 bits per heavy atom. The van der Waals surface area contributed by atoms with Crippen molar-refractivity contribution in [2.45, 2.75) is 13.1 Å². The SMILES string of the molecule is CN=C(NCc1cnn(C)c1)N(C)Cc1cccc(Cl)c1. The molecule has 0 aliphatic rings. The molecule has 0 atom stereocenters. The van der Waals surface area contributed by atoms with Gasteiger partial charge in [-0.3, -0.25) is 9.67 Å². The summed E-state index contributed by atoms with van der Waals surface area (Å²) in [7, 11) is 5.68. The van der Waals surface area contributed by atoms with Crippen LogP contribution in [-0.2, 0) is 20.1 Å². The Balaban J connectivity index is 1.94. The van der Waals surface area contributed by atoms with Gasteiger partial charge in [0.05, 0.1) is 6.20 Å². The van der Waals surface area contributed by atoms with E-state index in [2.05, 4.69) is 26.4 Å². The molecular formula is C15H20ClN5. The summed E-state index contributed by atoms with van der Waals surface area (Å²) in [6.07, 6.45) is 3.83. The van der Waals surface area contributed by atoms with Gasteiger partial charge in [0, 0.05) is 51.0 Å². The van der Waals surface area contributed by atoms with Crippen LogP contribution in [0.15, 0.2) is 41.7 Å². The summed E-state index contributed by atoms with van der Waals surface area (Å²) in [4.78, 5) is 6.36. The fraction of sp³-hybridized carbons (Fsp3) is 0.333. The average molecular weight is 306 g/mol. The zero-order chi connectivity index (χ0) is 15.2. The van der Waals surface area contributed by atoms with Crippen LogP contribution >= 0.6 is 11.6 Å². The second-order valence-corrected chi connectivity index (χ2v) is 5.35. The lowest BCUT2D eigenvalue weighted by atomic mass is 10.2. The van der Waals surface area contributed by atoms with Crippen LogP contribution in [0.2, 0.25) is 5.02 Å². The molecule has 0 bridgehead atoms. The minimum Gasteiger partial charge on any atom is -0.352 e. The van der Waals surface area contributed by atoms with Gasteiger partial charge in [0.2, 0.25) is 0 Å². The van der Waals surface area contributed by atoms with Gasteiger partial charge in [-0.05, 0) is 17.7 Å². The van der Waals surface area contributed by atoms with E-state index in [1.807, 2.05) is 44.7 Å². The Morgan fingerprint density at radius 3 is 2.86 bits per heavy atom. The maximum absolute atomic E-state index is 6.01. The zero-order valence-electron chi connectivity index (χ0n) is 12.5. The molecular weight excluding hydrogens is 286 g/mol. The predicted octanol–water partition coefficient (Wildman–Crippen LogP) is 2.28. The second-order valence-electron chi connectivity index (χ2n) is 4.91. The first-order valence-corrected chi connectivity index (χ1v) is 7.10. The zero-order valence-corrected chi connectivity index (χ0v) is 13.3. The average Bonchev–Trinajstić information content (AvgIpc) is 2.85. The Hall–Kier alpha value is -2.01. The monoisotopic (exact) mass is 305 g/mol. The van der Waals surface area contributed by atoms with Crippen molar-refractivity contribution in [1.29, 1.82) is 0 Å². The Labute approximate surface area is 130 Å². The molecule has 1 heterocycles. The number of hydrogen-bond donors (Lipinski definition) is 1. The van der Waals surface area contributed by atoms with Crippen LogP contribution in [0.4, 0.5) is 0 Å². The van der Waals surface area contributed by atoms with Crippen molar-refractivity contribution in [2.75, 3.05) is 14.1 Å². The van der Waals surface area contributed by atoms with E-state index in [-0.39, 0.29) is 0 Å². The van der Waals surface area contributed by atoms with Crippen molar-refractivity contribution in [3.63, 3.8) is 0 Å². The fourth-order valence-electron chi connectivity index (χ4n) is 2.11. The van der Waals surface area contributed by atoms with Crippen LogP contribution in [0.3, 0.4) is 0 Å². The van der Waals surface area contributed by atoms with E-state index in [9.17, 15) is 0 Å².